The molecule has 0 radical (unpaired) electrons. The Balaban J connectivity index is 1.74. The van der Waals surface area contributed by atoms with Crippen molar-refractivity contribution in [3.63, 3.8) is 0 Å². The molecule has 21 heavy (non-hydrogen) atoms. The van der Waals surface area contributed by atoms with Gasteiger partial charge in [0.15, 0.2) is 5.78 Å². The standard InChI is InChI=1S/C17H21N3O/c1-10-5-16(20-11(2)19-10)15(9-18)17(21)8-14-7-12-3-4-13(14)6-12/h5,12-15H,3-4,6-8H2,1-2H3/t12-,13-,14+,15-/m0/s1. The van der Waals surface area contributed by atoms with Gasteiger partial charge in [-0.05, 0) is 56.9 Å². The fourth-order valence-electron chi connectivity index (χ4n) is 4.20. The van der Waals surface area contributed by atoms with Crippen molar-refractivity contribution < 1.29 is 4.79 Å². The lowest BCUT2D eigenvalue weighted by molar-refractivity contribution is -0.120. The number of aromatic nitrogens is 2. The third-order valence-corrected chi connectivity index (χ3v) is 5.08. The van der Waals surface area contributed by atoms with E-state index in [1.807, 2.05) is 6.92 Å². The van der Waals surface area contributed by atoms with Gasteiger partial charge in [0.25, 0.3) is 0 Å². The molecule has 0 aliphatic heterocycles. The molecule has 0 amide bonds. The zero-order chi connectivity index (χ0) is 15.0. The maximum Gasteiger partial charge on any atom is 0.156 e. The van der Waals surface area contributed by atoms with E-state index in [1.165, 1.54) is 25.7 Å². The van der Waals surface area contributed by atoms with Gasteiger partial charge in [-0.15, -0.1) is 0 Å². The molecule has 2 saturated carbocycles. The highest BCUT2D eigenvalue weighted by Crippen LogP contribution is 2.49. The molecule has 2 fully saturated rings. The molecule has 4 heteroatoms. The minimum Gasteiger partial charge on any atom is -0.298 e. The summed E-state index contributed by atoms with van der Waals surface area (Å²) in [5.74, 6) is 1.97. The average Bonchev–Trinajstić information content (AvgIpc) is 3.00. The summed E-state index contributed by atoms with van der Waals surface area (Å²) < 4.78 is 0. The predicted octanol–water partition coefficient (Wildman–Crippen LogP) is 3.10. The maximum atomic E-state index is 12.5. The normalized spacial score (nSPS) is 28.3. The van der Waals surface area contributed by atoms with Crippen molar-refractivity contribution in [2.45, 2.75) is 51.9 Å². The smallest absolute Gasteiger partial charge is 0.156 e. The summed E-state index contributed by atoms with van der Waals surface area (Å²) in [6.07, 6.45) is 5.62. The van der Waals surface area contributed by atoms with Gasteiger partial charge in [0.05, 0.1) is 11.8 Å². The first-order valence-electron chi connectivity index (χ1n) is 7.81. The number of aryl methyl sites for hydroxylation is 2. The summed E-state index contributed by atoms with van der Waals surface area (Å²) >= 11 is 0. The van der Waals surface area contributed by atoms with Crippen LogP contribution in [0.5, 0.6) is 0 Å². The number of carbonyl (C=O) groups excluding carboxylic acids is 1. The van der Waals surface area contributed by atoms with Gasteiger partial charge in [-0.3, -0.25) is 4.79 Å². The van der Waals surface area contributed by atoms with Gasteiger partial charge < -0.3 is 0 Å². The van der Waals surface area contributed by atoms with E-state index in [-0.39, 0.29) is 5.78 Å². The van der Waals surface area contributed by atoms with E-state index in [0.29, 0.717) is 29.8 Å². The van der Waals surface area contributed by atoms with Gasteiger partial charge in [0.1, 0.15) is 11.7 Å². The van der Waals surface area contributed by atoms with Crippen LogP contribution in [-0.2, 0) is 4.79 Å². The Bertz CT molecular complexity index is 584. The molecule has 110 valence electrons. The van der Waals surface area contributed by atoms with Crippen LogP contribution in [0.4, 0.5) is 0 Å². The fraction of sp³-hybridized carbons (Fsp3) is 0.647. The predicted molar refractivity (Wildman–Crippen MR) is 78.4 cm³/mol. The van der Waals surface area contributed by atoms with Crippen molar-refractivity contribution in [1.29, 1.82) is 5.26 Å². The molecule has 2 aliphatic rings. The SMILES string of the molecule is Cc1cc([C@H](C#N)C(=O)C[C@H]2C[C@H]3CC[C@H]2C3)nc(C)n1. The molecule has 0 saturated heterocycles. The van der Waals surface area contributed by atoms with Crippen LogP contribution in [0.25, 0.3) is 0 Å². The van der Waals surface area contributed by atoms with E-state index in [0.717, 1.165) is 11.6 Å². The van der Waals surface area contributed by atoms with Crippen LogP contribution in [-0.4, -0.2) is 15.8 Å². The number of hydrogen-bond donors (Lipinski definition) is 0. The van der Waals surface area contributed by atoms with Crippen LogP contribution in [0.3, 0.4) is 0 Å². The lowest BCUT2D eigenvalue weighted by Crippen LogP contribution is -2.20. The Morgan fingerprint density at radius 2 is 2.19 bits per heavy atom. The van der Waals surface area contributed by atoms with Crippen LogP contribution in [0.2, 0.25) is 0 Å². The maximum absolute atomic E-state index is 12.5. The lowest BCUT2D eigenvalue weighted by Gasteiger charge is -2.21. The summed E-state index contributed by atoms with van der Waals surface area (Å²) in [5.41, 5.74) is 1.38. The quantitative estimate of drug-likeness (QED) is 0.851. The Kier molecular flexibility index (Phi) is 3.75. The van der Waals surface area contributed by atoms with E-state index < -0.39 is 5.92 Å². The minimum atomic E-state index is -0.732. The van der Waals surface area contributed by atoms with Crippen LogP contribution < -0.4 is 0 Å². The van der Waals surface area contributed by atoms with Crippen molar-refractivity contribution in [3.8, 4) is 6.07 Å². The van der Waals surface area contributed by atoms with Crippen LogP contribution in [0.15, 0.2) is 6.07 Å². The van der Waals surface area contributed by atoms with E-state index in [1.54, 1.807) is 13.0 Å². The van der Waals surface area contributed by atoms with Crippen molar-refractivity contribution in [1.82, 2.24) is 9.97 Å². The lowest BCUT2D eigenvalue weighted by atomic mass is 9.82. The molecule has 0 spiro atoms. The molecule has 2 bridgehead atoms. The summed E-state index contributed by atoms with van der Waals surface area (Å²) in [4.78, 5) is 21.1. The number of Topliss-reactive ketones (excluding diaryl/α,β-unsaturated/α-hetero) is 1. The molecule has 1 aromatic heterocycles. The number of nitriles is 1. The second-order valence-corrected chi connectivity index (χ2v) is 6.65. The number of rotatable bonds is 4. The molecule has 4 nitrogen and oxygen atoms in total. The van der Waals surface area contributed by atoms with Gasteiger partial charge >= 0.3 is 0 Å². The molecule has 3 rings (SSSR count). The Morgan fingerprint density at radius 3 is 2.76 bits per heavy atom. The third kappa shape index (κ3) is 2.83. The summed E-state index contributed by atoms with van der Waals surface area (Å²) in [6, 6.07) is 3.91. The van der Waals surface area contributed by atoms with Gasteiger partial charge in [0.2, 0.25) is 0 Å². The minimum absolute atomic E-state index is 0.0348. The fourth-order valence-corrected chi connectivity index (χ4v) is 4.20. The second kappa shape index (κ2) is 5.55. The first-order valence-corrected chi connectivity index (χ1v) is 7.81. The largest absolute Gasteiger partial charge is 0.298 e. The monoisotopic (exact) mass is 283 g/mol. The molecule has 4 atom stereocenters. The highest BCUT2D eigenvalue weighted by Gasteiger charge is 2.41. The molecule has 0 aromatic carbocycles. The van der Waals surface area contributed by atoms with Crippen molar-refractivity contribution >= 4 is 5.78 Å². The van der Waals surface area contributed by atoms with Crippen molar-refractivity contribution in [2.24, 2.45) is 17.8 Å². The molecule has 1 heterocycles. The number of ketones is 1. The van der Waals surface area contributed by atoms with Crippen LogP contribution in [0.1, 0.15) is 55.2 Å². The van der Waals surface area contributed by atoms with Crippen LogP contribution in [0, 0.1) is 42.9 Å². The third-order valence-electron chi connectivity index (χ3n) is 5.08. The zero-order valence-electron chi connectivity index (χ0n) is 12.7. The Labute approximate surface area is 125 Å². The number of hydrogen-bond acceptors (Lipinski definition) is 4. The number of carbonyl (C=O) groups is 1. The van der Waals surface area contributed by atoms with E-state index >= 15 is 0 Å². The highest BCUT2D eigenvalue weighted by molar-refractivity contribution is 5.88. The first kappa shape index (κ1) is 14.2. The van der Waals surface area contributed by atoms with E-state index in [4.69, 9.17) is 0 Å². The molecule has 2 aliphatic carbocycles. The van der Waals surface area contributed by atoms with Gasteiger partial charge in [-0.1, -0.05) is 6.42 Å². The molecular weight excluding hydrogens is 262 g/mol. The average molecular weight is 283 g/mol. The number of fused-ring (bicyclic) bond motifs is 2. The summed E-state index contributed by atoms with van der Waals surface area (Å²) in [6.45, 7) is 3.67. The Hall–Kier alpha value is -1.76. The van der Waals surface area contributed by atoms with Gasteiger partial charge in [-0.25, -0.2) is 9.97 Å². The zero-order valence-corrected chi connectivity index (χ0v) is 12.7. The second-order valence-electron chi connectivity index (χ2n) is 6.65. The molecular formula is C17H21N3O. The van der Waals surface area contributed by atoms with Gasteiger partial charge in [-0.2, -0.15) is 5.26 Å². The number of nitrogens with zero attached hydrogens (tertiary/aromatic N) is 3. The highest BCUT2D eigenvalue weighted by atomic mass is 16.1. The van der Waals surface area contributed by atoms with Crippen molar-refractivity contribution in [2.75, 3.05) is 0 Å². The first-order chi connectivity index (χ1) is 10.1. The van der Waals surface area contributed by atoms with E-state index in [2.05, 4.69) is 16.0 Å². The Morgan fingerprint density at radius 1 is 1.38 bits per heavy atom. The molecule has 1 aromatic rings. The molecule has 0 N–H and O–H groups in total. The van der Waals surface area contributed by atoms with Crippen LogP contribution >= 0.6 is 0 Å². The van der Waals surface area contributed by atoms with E-state index in [9.17, 15) is 10.1 Å². The topological polar surface area (TPSA) is 66.6 Å². The summed E-state index contributed by atoms with van der Waals surface area (Å²) in [7, 11) is 0. The van der Waals surface area contributed by atoms with Gasteiger partial charge in [0, 0.05) is 12.1 Å². The van der Waals surface area contributed by atoms with Crippen molar-refractivity contribution in [3.05, 3.63) is 23.3 Å². The molecule has 0 unspecified atom stereocenters. The summed E-state index contributed by atoms with van der Waals surface area (Å²) in [5, 5.41) is 9.41.